The van der Waals surface area contributed by atoms with Crippen LogP contribution in [0.15, 0.2) is 29.5 Å². The third-order valence-electron chi connectivity index (χ3n) is 3.20. The van der Waals surface area contributed by atoms with Gasteiger partial charge in [0.15, 0.2) is 0 Å². The minimum Gasteiger partial charge on any atom is -0.544 e. The number of rotatable bonds is 9. The van der Waals surface area contributed by atoms with Gasteiger partial charge in [0.25, 0.3) is 0 Å². The Hall–Kier alpha value is -1.46. The fourth-order valence-electron chi connectivity index (χ4n) is 2.29. The number of hydrogen-bond donors (Lipinski definition) is 1. The number of carboxylic acid groups (broad SMARTS) is 1. The molecule has 0 aromatic rings. The lowest BCUT2D eigenvalue weighted by Crippen LogP contribution is -2.55. The average Bonchev–Trinajstić information content (AvgIpc) is 2.71. The van der Waals surface area contributed by atoms with Crippen molar-refractivity contribution in [3.8, 4) is 0 Å². The number of hydrogen-bond acceptors (Lipinski definition) is 4. The lowest BCUT2D eigenvalue weighted by Gasteiger charge is -2.32. The van der Waals surface area contributed by atoms with Crippen molar-refractivity contribution < 1.29 is 14.4 Å². The Labute approximate surface area is 114 Å². The van der Waals surface area contributed by atoms with Gasteiger partial charge in [-0.2, -0.15) is 0 Å². The number of unbranched alkanes of at least 4 members (excludes halogenated alkanes) is 1. The van der Waals surface area contributed by atoms with Crippen LogP contribution < -0.4 is 10.8 Å². The molecule has 0 bridgehead atoms. The zero-order valence-electron chi connectivity index (χ0n) is 11.5. The van der Waals surface area contributed by atoms with E-state index in [1.165, 1.54) is 0 Å². The summed E-state index contributed by atoms with van der Waals surface area (Å²) in [6, 6.07) is 0. The lowest BCUT2D eigenvalue weighted by atomic mass is 10.1. The molecular formula is C14H23N3O2. The van der Waals surface area contributed by atoms with E-state index in [0.29, 0.717) is 13.1 Å². The molecule has 0 aliphatic carbocycles. The van der Waals surface area contributed by atoms with Gasteiger partial charge >= 0.3 is 0 Å². The number of aliphatic imine (C=N–C) groups is 1. The van der Waals surface area contributed by atoms with Gasteiger partial charge in [-0.3, -0.25) is 0 Å². The van der Waals surface area contributed by atoms with Crippen molar-refractivity contribution in [2.45, 2.75) is 32.6 Å². The highest BCUT2D eigenvalue weighted by Gasteiger charge is 2.34. The Morgan fingerprint density at radius 2 is 2.32 bits per heavy atom. The van der Waals surface area contributed by atoms with Crippen molar-refractivity contribution in [3.05, 3.63) is 24.6 Å². The molecule has 0 aromatic carbocycles. The first-order valence-electron chi connectivity index (χ1n) is 6.81. The molecule has 19 heavy (non-hydrogen) atoms. The largest absolute Gasteiger partial charge is 0.544 e. The normalized spacial score (nSPS) is 22.1. The molecule has 1 heterocycles. The number of carboxylic acids is 1. The fourth-order valence-corrected chi connectivity index (χ4v) is 2.29. The minimum atomic E-state index is -1.07. The maximum Gasteiger partial charge on any atom is 0.207 e. The minimum absolute atomic E-state index is 0.0860. The van der Waals surface area contributed by atoms with Crippen molar-refractivity contribution in [2.24, 2.45) is 10.7 Å². The number of aliphatic carboxylic acids is 1. The molecule has 0 radical (unpaired) electrons. The Morgan fingerprint density at radius 3 is 2.95 bits per heavy atom. The van der Waals surface area contributed by atoms with Gasteiger partial charge in [-0.15, -0.1) is 0 Å². The highest BCUT2D eigenvalue weighted by molar-refractivity contribution is 5.80. The second kappa shape index (κ2) is 7.86. The average molecular weight is 265 g/mol. The number of nitrogens with zero attached hydrogens (tertiary/aromatic N) is 2. The molecular weight excluding hydrogens is 242 g/mol. The van der Waals surface area contributed by atoms with E-state index >= 15 is 0 Å². The van der Waals surface area contributed by atoms with E-state index in [2.05, 4.69) is 24.1 Å². The van der Waals surface area contributed by atoms with E-state index in [4.69, 9.17) is 5.73 Å². The van der Waals surface area contributed by atoms with Gasteiger partial charge in [0.2, 0.25) is 5.84 Å². The maximum absolute atomic E-state index is 10.9. The van der Waals surface area contributed by atoms with E-state index in [9.17, 15) is 9.90 Å². The van der Waals surface area contributed by atoms with Crippen molar-refractivity contribution in [3.63, 3.8) is 0 Å². The Morgan fingerprint density at radius 1 is 1.53 bits per heavy atom. The van der Waals surface area contributed by atoms with Crippen LogP contribution in [-0.2, 0) is 4.79 Å². The summed E-state index contributed by atoms with van der Waals surface area (Å²) in [5.74, 6) is -0.196. The highest BCUT2D eigenvalue weighted by atomic mass is 16.4. The summed E-state index contributed by atoms with van der Waals surface area (Å²) < 4.78 is 0.219. The van der Waals surface area contributed by atoms with Crippen molar-refractivity contribution >= 4 is 11.8 Å². The molecule has 1 aliphatic heterocycles. The quantitative estimate of drug-likeness (QED) is 0.375. The van der Waals surface area contributed by atoms with Gasteiger partial charge in [0.05, 0.1) is 12.2 Å². The molecule has 1 aliphatic rings. The van der Waals surface area contributed by atoms with E-state index in [-0.39, 0.29) is 11.0 Å². The molecule has 2 N–H and O–H groups in total. The van der Waals surface area contributed by atoms with Crippen molar-refractivity contribution in [1.29, 1.82) is 0 Å². The molecule has 1 unspecified atom stereocenters. The molecule has 0 aromatic heterocycles. The third-order valence-corrected chi connectivity index (χ3v) is 3.20. The monoisotopic (exact) mass is 265 g/mol. The zero-order valence-corrected chi connectivity index (χ0v) is 11.5. The smallest absolute Gasteiger partial charge is 0.207 e. The zero-order chi connectivity index (χ0) is 14.1. The van der Waals surface area contributed by atoms with Crippen LogP contribution >= 0.6 is 0 Å². The van der Waals surface area contributed by atoms with Crippen LogP contribution in [0.25, 0.3) is 0 Å². The molecule has 0 amide bonds. The second-order valence-corrected chi connectivity index (χ2v) is 4.69. The second-order valence-electron chi connectivity index (χ2n) is 4.69. The fraction of sp³-hybridized carbons (Fsp3) is 0.571. The van der Waals surface area contributed by atoms with Crippen LogP contribution in [0.2, 0.25) is 0 Å². The number of carbonyl (C=O) groups is 1. The number of nitrogens with two attached hydrogens (primary N) is 1. The van der Waals surface area contributed by atoms with Crippen LogP contribution in [-0.4, -0.2) is 35.9 Å². The number of quaternary nitrogens is 1. The van der Waals surface area contributed by atoms with Crippen LogP contribution in [0.5, 0.6) is 0 Å². The van der Waals surface area contributed by atoms with Crippen LogP contribution in [0.1, 0.15) is 32.6 Å². The molecule has 106 valence electrons. The number of allylic oxidation sites excluding steroid dienone is 2. The summed E-state index contributed by atoms with van der Waals surface area (Å²) in [6.07, 6.45) is 11.6. The van der Waals surface area contributed by atoms with Crippen LogP contribution in [0.3, 0.4) is 0 Å². The van der Waals surface area contributed by atoms with Gasteiger partial charge in [0.1, 0.15) is 19.3 Å². The molecule has 1 atom stereocenters. The van der Waals surface area contributed by atoms with Gasteiger partial charge in [-0.05, 0) is 19.3 Å². The van der Waals surface area contributed by atoms with E-state index in [1.54, 1.807) is 12.4 Å². The summed E-state index contributed by atoms with van der Waals surface area (Å²) in [4.78, 5) is 15.2. The lowest BCUT2D eigenvalue weighted by molar-refractivity contribution is -0.780. The predicted molar refractivity (Wildman–Crippen MR) is 73.9 cm³/mol. The van der Waals surface area contributed by atoms with E-state index in [0.717, 1.165) is 31.5 Å². The molecule has 1 rings (SSSR count). The van der Waals surface area contributed by atoms with Crippen LogP contribution in [0.4, 0.5) is 0 Å². The standard InChI is InChI=1S/C14H23N3O2/c1-2-3-4-5-6-7-13-16-9-11-17(13,10-8-15)12-14(18)19/h3-4,9,11H,2,5-8,10,12,15H2,1H3/b4-3+. The maximum atomic E-state index is 10.9. The van der Waals surface area contributed by atoms with Gasteiger partial charge in [-0.25, -0.2) is 9.48 Å². The molecule has 0 spiro atoms. The first kappa shape index (κ1) is 15.6. The van der Waals surface area contributed by atoms with E-state index in [1.807, 2.05) is 0 Å². The Bertz CT molecular complexity index is 388. The summed E-state index contributed by atoms with van der Waals surface area (Å²) in [7, 11) is 0. The SMILES string of the molecule is CC/C=C/CCCC1=NC=C[N+]1(CCN)CC(=O)[O-]. The molecule has 5 nitrogen and oxygen atoms in total. The van der Waals surface area contributed by atoms with Crippen LogP contribution in [0, 0.1) is 0 Å². The molecule has 0 fully saturated rings. The van der Waals surface area contributed by atoms with Gasteiger partial charge in [0, 0.05) is 13.0 Å². The van der Waals surface area contributed by atoms with E-state index < -0.39 is 5.97 Å². The molecule has 0 saturated carbocycles. The summed E-state index contributed by atoms with van der Waals surface area (Å²) in [5.41, 5.74) is 5.60. The predicted octanol–water partition coefficient (Wildman–Crippen LogP) is 0.532. The number of amidine groups is 1. The summed E-state index contributed by atoms with van der Waals surface area (Å²) >= 11 is 0. The molecule has 5 heteroatoms. The number of carbonyl (C=O) groups excluding carboxylic acids is 1. The first-order chi connectivity index (χ1) is 9.14. The van der Waals surface area contributed by atoms with Crippen molar-refractivity contribution in [1.82, 2.24) is 0 Å². The van der Waals surface area contributed by atoms with Gasteiger partial charge < -0.3 is 15.6 Å². The summed E-state index contributed by atoms with van der Waals surface area (Å²) in [5, 5.41) is 10.9. The molecule has 0 saturated heterocycles. The van der Waals surface area contributed by atoms with Crippen molar-refractivity contribution in [2.75, 3.05) is 19.6 Å². The highest BCUT2D eigenvalue weighted by Crippen LogP contribution is 2.20. The van der Waals surface area contributed by atoms with Gasteiger partial charge in [-0.1, -0.05) is 19.1 Å². The first-order valence-corrected chi connectivity index (χ1v) is 6.81. The topological polar surface area (TPSA) is 78.5 Å². The summed E-state index contributed by atoms with van der Waals surface area (Å²) in [6.45, 7) is 2.99. The Balaban J connectivity index is 2.60. The third kappa shape index (κ3) is 4.61. The Kier molecular flexibility index (Phi) is 6.45.